The second-order valence-electron chi connectivity index (χ2n) is 5.18. The van der Waals surface area contributed by atoms with Crippen LogP contribution in [0.3, 0.4) is 0 Å². The largest absolute Gasteiger partial charge is 0.353 e. The van der Waals surface area contributed by atoms with Crippen molar-refractivity contribution in [1.29, 1.82) is 5.26 Å². The molecule has 0 aliphatic heterocycles. The van der Waals surface area contributed by atoms with Gasteiger partial charge in [0.15, 0.2) is 0 Å². The first-order valence-electron chi connectivity index (χ1n) is 7.42. The smallest absolute Gasteiger partial charge is 0.146 e. The molecule has 0 bridgehead atoms. The Bertz CT molecular complexity index is 916. The van der Waals surface area contributed by atoms with Crippen molar-refractivity contribution in [2.75, 3.05) is 11.6 Å². The molecule has 3 aromatic carbocycles. The van der Waals surface area contributed by atoms with Crippen LogP contribution in [0.15, 0.2) is 71.6 Å². The van der Waals surface area contributed by atoms with Crippen molar-refractivity contribution in [2.45, 2.75) is 4.90 Å². The molecule has 24 heavy (non-hydrogen) atoms. The molecule has 1 N–H and O–H groups in total. The highest BCUT2D eigenvalue weighted by molar-refractivity contribution is 7.98. The van der Waals surface area contributed by atoms with Crippen LogP contribution in [-0.2, 0) is 0 Å². The lowest BCUT2D eigenvalue weighted by atomic mass is 10.0. The minimum Gasteiger partial charge on any atom is -0.353 e. The van der Waals surface area contributed by atoms with Gasteiger partial charge in [0.25, 0.3) is 0 Å². The molecular formula is C20H15FN2S. The van der Waals surface area contributed by atoms with Gasteiger partial charge in [0.2, 0.25) is 0 Å². The number of thioether (sulfide) groups is 1. The molecule has 0 saturated carbocycles. The molecule has 0 fully saturated rings. The lowest BCUT2D eigenvalue weighted by Gasteiger charge is -2.12. The Balaban J connectivity index is 2.00. The van der Waals surface area contributed by atoms with Crippen LogP contribution in [0.5, 0.6) is 0 Å². The Labute approximate surface area is 145 Å². The summed E-state index contributed by atoms with van der Waals surface area (Å²) in [7, 11) is 0. The molecule has 0 atom stereocenters. The maximum absolute atomic E-state index is 13.8. The summed E-state index contributed by atoms with van der Waals surface area (Å²) in [6, 6.07) is 22.3. The average molecular weight is 334 g/mol. The Morgan fingerprint density at radius 2 is 1.79 bits per heavy atom. The van der Waals surface area contributed by atoms with Gasteiger partial charge in [-0.25, -0.2) is 4.39 Å². The van der Waals surface area contributed by atoms with Crippen LogP contribution < -0.4 is 5.32 Å². The third-order valence-electron chi connectivity index (χ3n) is 3.67. The molecule has 3 aromatic rings. The van der Waals surface area contributed by atoms with Crippen LogP contribution in [-0.4, -0.2) is 6.26 Å². The molecule has 0 spiro atoms. The summed E-state index contributed by atoms with van der Waals surface area (Å²) < 4.78 is 13.8. The fourth-order valence-electron chi connectivity index (χ4n) is 2.55. The molecule has 3 rings (SSSR count). The number of nitrogens with zero attached hydrogens (tertiary/aromatic N) is 1. The molecule has 0 radical (unpaired) electrons. The molecule has 0 heterocycles. The Morgan fingerprint density at radius 3 is 2.54 bits per heavy atom. The van der Waals surface area contributed by atoms with Crippen molar-refractivity contribution in [3.8, 4) is 17.2 Å². The van der Waals surface area contributed by atoms with Crippen LogP contribution in [0.1, 0.15) is 5.56 Å². The summed E-state index contributed by atoms with van der Waals surface area (Å²) >= 11 is 1.55. The summed E-state index contributed by atoms with van der Waals surface area (Å²) in [4.78, 5) is 0.947. The third kappa shape index (κ3) is 3.27. The minimum atomic E-state index is -0.292. The SMILES string of the molecule is CSc1c(C#N)cccc1-c1cccc(Nc2ccccc2F)c1. The Hall–Kier alpha value is -2.77. The maximum atomic E-state index is 13.8. The molecule has 0 aliphatic rings. The Morgan fingerprint density at radius 1 is 1.00 bits per heavy atom. The number of nitriles is 1. The zero-order valence-electron chi connectivity index (χ0n) is 13.1. The molecule has 4 heteroatoms. The fourth-order valence-corrected chi connectivity index (χ4v) is 3.29. The minimum absolute atomic E-state index is 0.292. The number of rotatable bonds is 4. The summed E-state index contributed by atoms with van der Waals surface area (Å²) in [6.45, 7) is 0. The van der Waals surface area contributed by atoms with E-state index in [1.54, 1.807) is 30.0 Å². The lowest BCUT2D eigenvalue weighted by molar-refractivity contribution is 0.632. The van der Waals surface area contributed by atoms with Crippen LogP contribution in [0.2, 0.25) is 0 Å². The van der Waals surface area contributed by atoms with E-state index in [-0.39, 0.29) is 5.82 Å². The first-order valence-corrected chi connectivity index (χ1v) is 8.64. The van der Waals surface area contributed by atoms with Gasteiger partial charge in [0.1, 0.15) is 11.9 Å². The lowest BCUT2D eigenvalue weighted by Crippen LogP contribution is -1.94. The van der Waals surface area contributed by atoms with Crippen molar-refractivity contribution in [3.05, 3.63) is 78.1 Å². The average Bonchev–Trinajstić information content (AvgIpc) is 2.63. The second kappa shape index (κ2) is 7.20. The number of hydrogen-bond donors (Lipinski definition) is 1. The number of nitrogens with one attached hydrogen (secondary N) is 1. The van der Waals surface area contributed by atoms with Gasteiger partial charge in [-0.3, -0.25) is 0 Å². The van der Waals surface area contributed by atoms with Crippen molar-refractivity contribution < 1.29 is 4.39 Å². The van der Waals surface area contributed by atoms with Crippen LogP contribution >= 0.6 is 11.8 Å². The van der Waals surface area contributed by atoms with Gasteiger partial charge in [-0.2, -0.15) is 5.26 Å². The van der Waals surface area contributed by atoms with Crippen molar-refractivity contribution in [3.63, 3.8) is 0 Å². The molecule has 0 aliphatic carbocycles. The van der Waals surface area contributed by atoms with Crippen molar-refractivity contribution in [2.24, 2.45) is 0 Å². The molecule has 0 unspecified atom stereocenters. The van der Waals surface area contributed by atoms with Crippen LogP contribution in [0.25, 0.3) is 11.1 Å². The highest BCUT2D eigenvalue weighted by Crippen LogP contribution is 2.34. The zero-order valence-corrected chi connectivity index (χ0v) is 13.9. The van der Waals surface area contributed by atoms with Crippen LogP contribution in [0.4, 0.5) is 15.8 Å². The van der Waals surface area contributed by atoms with E-state index in [1.165, 1.54) is 6.07 Å². The third-order valence-corrected chi connectivity index (χ3v) is 4.51. The molecule has 118 valence electrons. The van der Waals surface area contributed by atoms with Gasteiger partial charge < -0.3 is 5.32 Å². The highest BCUT2D eigenvalue weighted by atomic mass is 32.2. The molecule has 2 nitrogen and oxygen atoms in total. The number of anilines is 2. The summed E-state index contributed by atoms with van der Waals surface area (Å²) in [5, 5.41) is 12.4. The number of para-hydroxylation sites is 1. The van der Waals surface area contributed by atoms with E-state index in [2.05, 4.69) is 11.4 Å². The van der Waals surface area contributed by atoms with Gasteiger partial charge in [-0.15, -0.1) is 11.8 Å². The maximum Gasteiger partial charge on any atom is 0.146 e. The molecule has 0 saturated heterocycles. The normalized spacial score (nSPS) is 10.2. The predicted molar refractivity (Wildman–Crippen MR) is 98.1 cm³/mol. The summed E-state index contributed by atoms with van der Waals surface area (Å²) in [5.74, 6) is -0.292. The molecule has 0 aromatic heterocycles. The monoisotopic (exact) mass is 334 g/mol. The first-order chi connectivity index (χ1) is 11.7. The van der Waals surface area contributed by atoms with E-state index in [0.717, 1.165) is 21.7 Å². The van der Waals surface area contributed by atoms with Gasteiger partial charge in [0.05, 0.1) is 11.3 Å². The number of hydrogen-bond acceptors (Lipinski definition) is 3. The van der Waals surface area contributed by atoms with E-state index in [1.807, 2.05) is 48.7 Å². The fraction of sp³-hybridized carbons (Fsp3) is 0.0500. The van der Waals surface area contributed by atoms with Gasteiger partial charge in [0, 0.05) is 10.6 Å². The van der Waals surface area contributed by atoms with Gasteiger partial charge >= 0.3 is 0 Å². The predicted octanol–water partition coefficient (Wildman–Crippen LogP) is 5.83. The summed E-state index contributed by atoms with van der Waals surface area (Å²) in [6.07, 6.45) is 1.96. The summed E-state index contributed by atoms with van der Waals surface area (Å²) in [5.41, 5.74) is 3.88. The molecular weight excluding hydrogens is 319 g/mol. The molecule has 0 amide bonds. The highest BCUT2D eigenvalue weighted by Gasteiger charge is 2.10. The van der Waals surface area contributed by atoms with Crippen LogP contribution in [0, 0.1) is 17.1 Å². The number of halogens is 1. The Kier molecular flexibility index (Phi) is 4.83. The zero-order chi connectivity index (χ0) is 16.9. The van der Waals surface area contributed by atoms with E-state index < -0.39 is 0 Å². The van der Waals surface area contributed by atoms with Crippen molar-refractivity contribution >= 4 is 23.1 Å². The first kappa shape index (κ1) is 16.1. The van der Waals surface area contributed by atoms with Gasteiger partial charge in [-0.05, 0) is 47.7 Å². The quantitative estimate of drug-likeness (QED) is 0.610. The van der Waals surface area contributed by atoms with Crippen molar-refractivity contribution in [1.82, 2.24) is 0 Å². The van der Waals surface area contributed by atoms with Gasteiger partial charge in [-0.1, -0.05) is 36.4 Å². The van der Waals surface area contributed by atoms with E-state index in [4.69, 9.17) is 0 Å². The standard InChI is InChI=1S/C20H15FN2S/c1-24-20-15(13-22)7-5-9-17(20)14-6-4-8-16(12-14)23-19-11-3-2-10-18(19)21/h2-12,23H,1H3. The second-order valence-corrected chi connectivity index (χ2v) is 6.00. The topological polar surface area (TPSA) is 35.8 Å². The van der Waals surface area contributed by atoms with E-state index in [0.29, 0.717) is 11.3 Å². The number of benzene rings is 3. The van der Waals surface area contributed by atoms with E-state index >= 15 is 0 Å². The van der Waals surface area contributed by atoms with E-state index in [9.17, 15) is 9.65 Å².